The van der Waals surface area contributed by atoms with Crippen LogP contribution in [0.2, 0.25) is 0 Å². The summed E-state index contributed by atoms with van der Waals surface area (Å²) in [5.41, 5.74) is 3.62. The van der Waals surface area contributed by atoms with Crippen molar-refractivity contribution in [3.8, 4) is 6.07 Å². The first-order valence-electron chi connectivity index (χ1n) is 9.36. The van der Waals surface area contributed by atoms with Crippen molar-refractivity contribution in [1.82, 2.24) is 4.57 Å². The maximum atomic E-state index is 13.0. The lowest BCUT2D eigenvalue weighted by Gasteiger charge is -2.26. The lowest BCUT2D eigenvalue weighted by atomic mass is 9.95. The molecule has 0 radical (unpaired) electrons. The molecule has 1 aromatic carbocycles. The highest BCUT2D eigenvalue weighted by molar-refractivity contribution is 6.09. The third-order valence-corrected chi connectivity index (χ3v) is 5.23. The van der Waals surface area contributed by atoms with Crippen molar-refractivity contribution in [2.45, 2.75) is 52.0 Å². The molecule has 1 N–H and O–H groups in total. The molecule has 1 aromatic heterocycles. The third-order valence-electron chi connectivity index (χ3n) is 5.23. The second-order valence-corrected chi connectivity index (χ2v) is 7.12. The van der Waals surface area contributed by atoms with Crippen LogP contribution in [0.25, 0.3) is 6.08 Å². The molecule has 1 fully saturated rings. The topological polar surface area (TPSA) is 57.8 Å². The summed E-state index contributed by atoms with van der Waals surface area (Å²) in [6.07, 6.45) is 7.78. The first-order chi connectivity index (χ1) is 13.0. The zero-order valence-corrected chi connectivity index (χ0v) is 15.8. The molecule has 1 aliphatic carbocycles. The minimum atomic E-state index is -0.494. The van der Waals surface area contributed by atoms with Crippen molar-refractivity contribution in [3.63, 3.8) is 0 Å². The van der Waals surface area contributed by atoms with Crippen LogP contribution in [-0.2, 0) is 4.79 Å². The molecule has 5 heteroatoms. The Kier molecular flexibility index (Phi) is 5.75. The number of carbonyl (C=O) groups excluding carboxylic acids is 1. The van der Waals surface area contributed by atoms with Crippen molar-refractivity contribution >= 4 is 17.7 Å². The summed E-state index contributed by atoms with van der Waals surface area (Å²) >= 11 is 0. The molecule has 27 heavy (non-hydrogen) atoms. The van der Waals surface area contributed by atoms with Gasteiger partial charge in [0.2, 0.25) is 0 Å². The molecule has 0 aliphatic heterocycles. The number of halogens is 1. The molecule has 1 saturated carbocycles. The van der Waals surface area contributed by atoms with Crippen molar-refractivity contribution in [3.05, 3.63) is 58.7 Å². The van der Waals surface area contributed by atoms with E-state index < -0.39 is 5.91 Å². The summed E-state index contributed by atoms with van der Waals surface area (Å²) in [4.78, 5) is 12.4. The summed E-state index contributed by atoms with van der Waals surface area (Å²) < 4.78 is 15.3. The Morgan fingerprint density at radius 1 is 1.22 bits per heavy atom. The fourth-order valence-electron chi connectivity index (χ4n) is 3.89. The molecule has 3 rings (SSSR count). The predicted molar refractivity (Wildman–Crippen MR) is 105 cm³/mol. The van der Waals surface area contributed by atoms with Crippen molar-refractivity contribution in [2.24, 2.45) is 0 Å². The van der Waals surface area contributed by atoms with Crippen LogP contribution >= 0.6 is 0 Å². The molecule has 1 heterocycles. The van der Waals surface area contributed by atoms with Gasteiger partial charge in [0, 0.05) is 23.1 Å². The van der Waals surface area contributed by atoms with Gasteiger partial charge in [0.15, 0.2) is 0 Å². The quantitative estimate of drug-likeness (QED) is 0.591. The van der Waals surface area contributed by atoms with E-state index >= 15 is 0 Å². The second kappa shape index (κ2) is 8.22. The van der Waals surface area contributed by atoms with Gasteiger partial charge in [-0.15, -0.1) is 0 Å². The predicted octanol–water partition coefficient (Wildman–Crippen LogP) is 5.29. The molecule has 2 aromatic rings. The Morgan fingerprint density at radius 2 is 1.89 bits per heavy atom. The molecule has 4 nitrogen and oxygen atoms in total. The highest BCUT2D eigenvalue weighted by atomic mass is 19.1. The van der Waals surface area contributed by atoms with Crippen LogP contribution in [0.15, 0.2) is 35.9 Å². The summed E-state index contributed by atoms with van der Waals surface area (Å²) in [6, 6.07) is 9.99. The van der Waals surface area contributed by atoms with Gasteiger partial charge in [-0.1, -0.05) is 19.3 Å². The number of hydrogen-bond acceptors (Lipinski definition) is 2. The van der Waals surface area contributed by atoms with Gasteiger partial charge < -0.3 is 9.88 Å². The Morgan fingerprint density at radius 3 is 2.52 bits per heavy atom. The zero-order chi connectivity index (χ0) is 19.4. The number of benzene rings is 1. The standard InChI is InChI=1S/C22H24FN3O/c1-15-12-17(16(2)26(15)21-6-4-3-5-7-21)13-18(14-24)22(27)25-20-10-8-19(23)9-11-20/h8-13,21H,3-7H2,1-2H3,(H,25,27). The lowest BCUT2D eigenvalue weighted by Crippen LogP contribution is -2.15. The van der Waals surface area contributed by atoms with Crippen LogP contribution in [-0.4, -0.2) is 10.5 Å². The fourth-order valence-corrected chi connectivity index (χ4v) is 3.89. The van der Waals surface area contributed by atoms with E-state index in [1.165, 1.54) is 56.4 Å². The number of nitrogens with zero attached hydrogens (tertiary/aromatic N) is 2. The normalized spacial score (nSPS) is 15.4. The van der Waals surface area contributed by atoms with Crippen LogP contribution in [0.5, 0.6) is 0 Å². The maximum absolute atomic E-state index is 13.0. The van der Waals surface area contributed by atoms with Gasteiger partial charge in [-0.25, -0.2) is 4.39 Å². The van der Waals surface area contributed by atoms with E-state index in [2.05, 4.69) is 16.8 Å². The largest absolute Gasteiger partial charge is 0.346 e. The van der Waals surface area contributed by atoms with E-state index in [-0.39, 0.29) is 11.4 Å². The third kappa shape index (κ3) is 4.28. The first-order valence-corrected chi connectivity index (χ1v) is 9.36. The second-order valence-electron chi connectivity index (χ2n) is 7.12. The van der Waals surface area contributed by atoms with Crippen LogP contribution < -0.4 is 5.32 Å². The number of carbonyl (C=O) groups is 1. The van der Waals surface area contributed by atoms with Gasteiger partial charge >= 0.3 is 0 Å². The number of amides is 1. The molecular formula is C22H24FN3O. The van der Waals surface area contributed by atoms with Gasteiger partial charge in [0.1, 0.15) is 17.5 Å². The molecular weight excluding hydrogens is 341 g/mol. The van der Waals surface area contributed by atoms with Crippen LogP contribution in [0, 0.1) is 31.0 Å². The van der Waals surface area contributed by atoms with E-state index in [9.17, 15) is 14.4 Å². The number of rotatable bonds is 4. The Hall–Kier alpha value is -2.87. The number of nitrogens with one attached hydrogen (secondary N) is 1. The molecule has 0 saturated heterocycles. The number of aromatic nitrogens is 1. The molecule has 1 aliphatic rings. The number of hydrogen-bond donors (Lipinski definition) is 1. The van der Waals surface area contributed by atoms with E-state index in [4.69, 9.17) is 0 Å². The number of nitriles is 1. The highest BCUT2D eigenvalue weighted by Gasteiger charge is 2.20. The van der Waals surface area contributed by atoms with Crippen LogP contribution in [0.3, 0.4) is 0 Å². The minimum Gasteiger partial charge on any atom is -0.346 e. The molecule has 0 spiro atoms. The SMILES string of the molecule is Cc1cc(C=C(C#N)C(=O)Nc2ccc(F)cc2)c(C)n1C1CCCCC1. The monoisotopic (exact) mass is 365 g/mol. The van der Waals surface area contributed by atoms with Crippen LogP contribution in [0.1, 0.15) is 55.1 Å². The van der Waals surface area contributed by atoms with Crippen molar-refractivity contribution < 1.29 is 9.18 Å². The van der Waals surface area contributed by atoms with E-state index in [0.717, 1.165) is 17.0 Å². The molecule has 0 atom stereocenters. The highest BCUT2D eigenvalue weighted by Crippen LogP contribution is 2.32. The van der Waals surface area contributed by atoms with Crippen molar-refractivity contribution in [2.75, 3.05) is 5.32 Å². The Labute approximate surface area is 159 Å². The fraction of sp³-hybridized carbons (Fsp3) is 0.364. The van der Waals surface area contributed by atoms with E-state index in [1.807, 2.05) is 19.1 Å². The van der Waals surface area contributed by atoms with Gasteiger partial charge in [0.25, 0.3) is 5.91 Å². The van der Waals surface area contributed by atoms with Gasteiger partial charge in [-0.3, -0.25) is 4.79 Å². The van der Waals surface area contributed by atoms with Crippen LogP contribution in [0.4, 0.5) is 10.1 Å². The van der Waals surface area contributed by atoms with Gasteiger partial charge in [0.05, 0.1) is 0 Å². The van der Waals surface area contributed by atoms with Gasteiger partial charge in [-0.2, -0.15) is 5.26 Å². The summed E-state index contributed by atoms with van der Waals surface area (Å²) in [7, 11) is 0. The first kappa shape index (κ1) is 18.9. The van der Waals surface area contributed by atoms with Crippen molar-refractivity contribution in [1.29, 1.82) is 5.26 Å². The summed E-state index contributed by atoms with van der Waals surface area (Å²) in [6.45, 7) is 4.11. The maximum Gasteiger partial charge on any atom is 0.266 e. The van der Waals surface area contributed by atoms with E-state index in [1.54, 1.807) is 6.08 Å². The average molecular weight is 365 g/mol. The number of anilines is 1. The number of aryl methyl sites for hydroxylation is 1. The molecule has 140 valence electrons. The molecule has 1 amide bonds. The Balaban J connectivity index is 1.84. The molecule has 0 unspecified atom stereocenters. The van der Waals surface area contributed by atoms with Gasteiger partial charge in [-0.05, 0) is 68.7 Å². The summed E-state index contributed by atoms with van der Waals surface area (Å²) in [5, 5.41) is 12.1. The Bertz CT molecular complexity index is 897. The average Bonchev–Trinajstić information content (AvgIpc) is 2.95. The minimum absolute atomic E-state index is 0.0308. The molecule has 0 bridgehead atoms. The van der Waals surface area contributed by atoms with E-state index in [0.29, 0.717) is 11.7 Å². The smallest absolute Gasteiger partial charge is 0.266 e. The lowest BCUT2D eigenvalue weighted by molar-refractivity contribution is -0.112. The summed E-state index contributed by atoms with van der Waals surface area (Å²) in [5.74, 6) is -0.870. The zero-order valence-electron chi connectivity index (χ0n) is 15.8.